The van der Waals surface area contributed by atoms with Crippen molar-refractivity contribution in [3.63, 3.8) is 0 Å². The van der Waals surface area contributed by atoms with Crippen molar-refractivity contribution in [2.24, 2.45) is 5.92 Å². The molecule has 0 spiro atoms. The zero-order valence-electron chi connectivity index (χ0n) is 18.2. The predicted octanol–water partition coefficient (Wildman–Crippen LogP) is 4.91. The summed E-state index contributed by atoms with van der Waals surface area (Å²) >= 11 is 0. The highest BCUT2D eigenvalue weighted by Crippen LogP contribution is 2.27. The summed E-state index contributed by atoms with van der Waals surface area (Å²) in [5, 5.41) is 5.74. The van der Waals surface area contributed by atoms with Gasteiger partial charge in [0.1, 0.15) is 5.60 Å². The average molecular weight is 401 g/mol. The zero-order chi connectivity index (χ0) is 20.5. The zero-order valence-corrected chi connectivity index (χ0v) is 19.2. The third kappa shape index (κ3) is 12.7. The van der Waals surface area contributed by atoms with Crippen LogP contribution in [0.4, 0.5) is 9.59 Å². The highest BCUT2D eigenvalue weighted by atomic mass is 28.3. The SMILES string of the molecule is CC(C)(C)OC(=O)NC(CNC(=O)OCC[Si](C)(C)C)CC1CCCCC1. The van der Waals surface area contributed by atoms with E-state index in [4.69, 9.17) is 9.47 Å². The van der Waals surface area contributed by atoms with E-state index in [1.54, 1.807) is 0 Å². The number of nitrogens with one attached hydrogen (secondary N) is 2. The molecule has 1 saturated carbocycles. The Morgan fingerprint density at radius 1 is 1.07 bits per heavy atom. The van der Waals surface area contributed by atoms with Gasteiger partial charge in [-0.1, -0.05) is 51.7 Å². The smallest absolute Gasteiger partial charge is 0.407 e. The summed E-state index contributed by atoms with van der Waals surface area (Å²) in [5.41, 5.74) is -0.539. The molecule has 0 heterocycles. The molecule has 6 nitrogen and oxygen atoms in total. The van der Waals surface area contributed by atoms with Crippen LogP contribution in [0.3, 0.4) is 0 Å². The second kappa shape index (κ2) is 10.9. The van der Waals surface area contributed by atoms with E-state index < -0.39 is 25.9 Å². The van der Waals surface area contributed by atoms with E-state index in [1.165, 1.54) is 32.1 Å². The summed E-state index contributed by atoms with van der Waals surface area (Å²) in [5.74, 6) is 0.586. The highest BCUT2D eigenvalue weighted by Gasteiger charge is 2.24. The van der Waals surface area contributed by atoms with Gasteiger partial charge >= 0.3 is 12.2 Å². The van der Waals surface area contributed by atoms with Gasteiger partial charge in [0.25, 0.3) is 0 Å². The monoisotopic (exact) mass is 400 g/mol. The van der Waals surface area contributed by atoms with Crippen LogP contribution in [0.5, 0.6) is 0 Å². The van der Waals surface area contributed by atoms with Crippen LogP contribution in [0.15, 0.2) is 0 Å². The lowest BCUT2D eigenvalue weighted by atomic mass is 9.85. The van der Waals surface area contributed by atoms with E-state index in [9.17, 15) is 9.59 Å². The number of rotatable bonds is 8. The molecule has 7 heteroatoms. The van der Waals surface area contributed by atoms with Crippen LogP contribution >= 0.6 is 0 Å². The largest absolute Gasteiger partial charge is 0.450 e. The van der Waals surface area contributed by atoms with Crippen LogP contribution in [0.2, 0.25) is 25.7 Å². The molecule has 0 aromatic rings. The van der Waals surface area contributed by atoms with Gasteiger partial charge in [-0.15, -0.1) is 0 Å². The first-order valence-electron chi connectivity index (χ1n) is 10.3. The van der Waals surface area contributed by atoms with E-state index >= 15 is 0 Å². The molecule has 0 saturated heterocycles. The van der Waals surface area contributed by atoms with Crippen molar-refractivity contribution in [1.82, 2.24) is 10.6 Å². The Kier molecular flexibility index (Phi) is 9.63. The molecule has 0 radical (unpaired) electrons. The van der Waals surface area contributed by atoms with E-state index in [1.807, 2.05) is 20.8 Å². The Hall–Kier alpha value is -1.24. The lowest BCUT2D eigenvalue weighted by Crippen LogP contribution is -2.46. The van der Waals surface area contributed by atoms with Crippen molar-refractivity contribution in [3.05, 3.63) is 0 Å². The van der Waals surface area contributed by atoms with Crippen molar-refractivity contribution in [3.8, 4) is 0 Å². The minimum absolute atomic E-state index is 0.146. The van der Waals surface area contributed by atoms with Crippen LogP contribution in [-0.4, -0.2) is 45.1 Å². The number of hydrogen-bond donors (Lipinski definition) is 2. The van der Waals surface area contributed by atoms with Gasteiger partial charge in [0.2, 0.25) is 0 Å². The van der Waals surface area contributed by atoms with E-state index in [0.29, 0.717) is 19.1 Å². The van der Waals surface area contributed by atoms with Gasteiger partial charge in [0, 0.05) is 20.7 Å². The average Bonchev–Trinajstić information content (AvgIpc) is 2.50. The van der Waals surface area contributed by atoms with Crippen LogP contribution in [0.1, 0.15) is 59.3 Å². The molecule has 1 aliphatic rings. The first kappa shape index (κ1) is 23.8. The third-order valence-corrected chi connectivity index (χ3v) is 6.35. The van der Waals surface area contributed by atoms with Crippen molar-refractivity contribution in [1.29, 1.82) is 0 Å². The summed E-state index contributed by atoms with van der Waals surface area (Å²) in [7, 11) is -1.22. The van der Waals surface area contributed by atoms with E-state index in [2.05, 4.69) is 30.3 Å². The van der Waals surface area contributed by atoms with Crippen molar-refractivity contribution >= 4 is 20.3 Å². The van der Waals surface area contributed by atoms with Crippen molar-refractivity contribution in [2.45, 2.75) is 96.6 Å². The highest BCUT2D eigenvalue weighted by molar-refractivity contribution is 6.76. The van der Waals surface area contributed by atoms with Gasteiger partial charge in [-0.05, 0) is 39.2 Å². The van der Waals surface area contributed by atoms with Gasteiger partial charge in [-0.2, -0.15) is 0 Å². The number of alkyl carbamates (subject to hydrolysis) is 2. The number of amides is 2. The Morgan fingerprint density at radius 3 is 2.26 bits per heavy atom. The molecule has 27 heavy (non-hydrogen) atoms. The molecular formula is C20H40N2O4Si. The molecule has 2 amide bonds. The molecule has 2 N–H and O–H groups in total. The Bertz CT molecular complexity index is 466. The van der Waals surface area contributed by atoms with Gasteiger partial charge < -0.3 is 20.1 Å². The van der Waals surface area contributed by atoms with Crippen molar-refractivity contribution < 1.29 is 19.1 Å². The topological polar surface area (TPSA) is 76.7 Å². The Balaban J connectivity index is 2.49. The van der Waals surface area contributed by atoms with E-state index in [0.717, 1.165) is 12.5 Å². The molecule has 158 valence electrons. The maximum absolute atomic E-state index is 12.2. The van der Waals surface area contributed by atoms with Gasteiger partial charge in [0.15, 0.2) is 0 Å². The molecule has 0 aromatic heterocycles. The Labute approximate surface area is 166 Å². The first-order valence-corrected chi connectivity index (χ1v) is 14.1. The second-order valence-corrected chi connectivity index (χ2v) is 15.5. The molecule has 0 aliphatic heterocycles. The number of carbonyl (C=O) groups is 2. The summed E-state index contributed by atoms with van der Waals surface area (Å²) in [6.45, 7) is 13.1. The van der Waals surface area contributed by atoms with Crippen LogP contribution in [0.25, 0.3) is 0 Å². The molecule has 0 bridgehead atoms. The molecule has 0 aromatic carbocycles. The fraction of sp³-hybridized carbons (Fsp3) is 0.900. The molecule has 1 fully saturated rings. The third-order valence-electron chi connectivity index (χ3n) is 4.64. The van der Waals surface area contributed by atoms with Crippen LogP contribution < -0.4 is 10.6 Å². The fourth-order valence-corrected chi connectivity index (χ4v) is 3.91. The van der Waals surface area contributed by atoms with Gasteiger partial charge in [0.05, 0.1) is 6.61 Å². The minimum atomic E-state index is -1.22. The molecule has 1 unspecified atom stereocenters. The van der Waals surface area contributed by atoms with Gasteiger partial charge in [-0.3, -0.25) is 0 Å². The summed E-state index contributed by atoms with van der Waals surface area (Å²) in [6.07, 6.45) is 6.17. The normalized spacial score (nSPS) is 17.1. The summed E-state index contributed by atoms with van der Waals surface area (Å²) in [4.78, 5) is 24.1. The lowest BCUT2D eigenvalue weighted by Gasteiger charge is -2.28. The lowest BCUT2D eigenvalue weighted by molar-refractivity contribution is 0.0493. The fourth-order valence-electron chi connectivity index (χ4n) is 3.20. The number of hydrogen-bond acceptors (Lipinski definition) is 4. The second-order valence-electron chi connectivity index (χ2n) is 9.91. The minimum Gasteiger partial charge on any atom is -0.450 e. The molecule has 1 aliphatic carbocycles. The van der Waals surface area contributed by atoms with Crippen molar-refractivity contribution in [2.75, 3.05) is 13.2 Å². The van der Waals surface area contributed by atoms with Crippen LogP contribution in [-0.2, 0) is 9.47 Å². The molecule has 1 atom stereocenters. The maximum atomic E-state index is 12.2. The standard InChI is InChI=1S/C20H40N2O4Si/c1-20(2,3)26-19(24)22-17(14-16-10-8-7-9-11-16)15-21-18(23)25-12-13-27(4,5)6/h16-17H,7-15H2,1-6H3,(H,21,23)(H,22,24). The molecular weight excluding hydrogens is 360 g/mol. The predicted molar refractivity (Wildman–Crippen MR) is 112 cm³/mol. The Morgan fingerprint density at radius 2 is 1.70 bits per heavy atom. The van der Waals surface area contributed by atoms with Gasteiger partial charge in [-0.25, -0.2) is 9.59 Å². The quantitative estimate of drug-likeness (QED) is 0.567. The summed E-state index contributed by atoms with van der Waals surface area (Å²) in [6, 6.07) is 0.801. The first-order chi connectivity index (χ1) is 12.4. The maximum Gasteiger partial charge on any atom is 0.407 e. The number of carbonyl (C=O) groups excluding carboxylic acids is 2. The van der Waals surface area contributed by atoms with Crippen LogP contribution in [0, 0.1) is 5.92 Å². The molecule has 1 rings (SSSR count). The van der Waals surface area contributed by atoms with E-state index in [-0.39, 0.29) is 6.04 Å². The summed E-state index contributed by atoms with van der Waals surface area (Å²) < 4.78 is 10.7. The number of ether oxygens (including phenoxy) is 2.